The molecule has 2 amide bonds. The highest BCUT2D eigenvalue weighted by atomic mass is 16.2. The van der Waals surface area contributed by atoms with Crippen molar-refractivity contribution in [3.05, 3.63) is 35.4 Å². The fourth-order valence-electron chi connectivity index (χ4n) is 4.67. The fraction of sp³-hybridized carbons (Fsp3) is 0.556. The summed E-state index contributed by atoms with van der Waals surface area (Å²) < 4.78 is 0. The monoisotopic (exact) mass is 285 g/mol. The molecule has 2 fully saturated rings. The van der Waals surface area contributed by atoms with E-state index in [0.29, 0.717) is 12.3 Å². The number of hydrogen-bond donors (Lipinski definition) is 1. The molecule has 1 spiro atoms. The van der Waals surface area contributed by atoms with Crippen LogP contribution in [0.2, 0.25) is 0 Å². The molecule has 1 heterocycles. The van der Waals surface area contributed by atoms with E-state index in [1.165, 1.54) is 0 Å². The molecule has 1 saturated carbocycles. The number of aryl methyl sites for hydroxylation is 1. The quantitative estimate of drug-likeness (QED) is 0.847. The van der Waals surface area contributed by atoms with Crippen LogP contribution in [0.1, 0.15) is 56.1 Å². The number of nitrogens with one attached hydrogen (secondary N) is 1. The second-order valence-electron chi connectivity index (χ2n) is 6.61. The van der Waals surface area contributed by atoms with Crippen LogP contribution in [0.5, 0.6) is 0 Å². The zero-order valence-corrected chi connectivity index (χ0v) is 12.8. The van der Waals surface area contributed by atoms with E-state index in [0.717, 1.165) is 36.8 Å². The van der Waals surface area contributed by atoms with Crippen molar-refractivity contribution in [2.75, 3.05) is 0 Å². The average molecular weight is 285 g/mol. The van der Waals surface area contributed by atoms with Crippen LogP contribution in [-0.2, 0) is 9.59 Å². The highest BCUT2D eigenvalue weighted by Gasteiger charge is 2.55. The lowest BCUT2D eigenvalue weighted by atomic mass is 9.60. The number of rotatable bonds is 2. The van der Waals surface area contributed by atoms with Gasteiger partial charge in [0.05, 0.1) is 5.92 Å². The van der Waals surface area contributed by atoms with Crippen LogP contribution < -0.4 is 5.32 Å². The van der Waals surface area contributed by atoms with Gasteiger partial charge < -0.3 is 0 Å². The third kappa shape index (κ3) is 2.19. The van der Waals surface area contributed by atoms with Crippen LogP contribution in [0.25, 0.3) is 0 Å². The molecular formula is C18H23NO2. The number of imide groups is 1. The predicted molar refractivity (Wildman–Crippen MR) is 81.8 cm³/mol. The van der Waals surface area contributed by atoms with Gasteiger partial charge in [-0.15, -0.1) is 0 Å². The summed E-state index contributed by atoms with van der Waals surface area (Å²) in [5.41, 5.74) is 2.08. The van der Waals surface area contributed by atoms with Gasteiger partial charge in [-0.3, -0.25) is 14.9 Å². The molecule has 3 atom stereocenters. The van der Waals surface area contributed by atoms with Gasteiger partial charge in [-0.2, -0.15) is 0 Å². The van der Waals surface area contributed by atoms with Crippen molar-refractivity contribution >= 4 is 11.8 Å². The van der Waals surface area contributed by atoms with Crippen LogP contribution in [0, 0.1) is 18.3 Å². The minimum atomic E-state index is -0.177. The maximum atomic E-state index is 12.6. The largest absolute Gasteiger partial charge is 0.296 e. The minimum absolute atomic E-state index is 0.0924. The van der Waals surface area contributed by atoms with Crippen molar-refractivity contribution in [3.63, 3.8) is 0 Å². The molecule has 1 N–H and O–H groups in total. The highest BCUT2D eigenvalue weighted by molar-refractivity contribution is 6.02. The van der Waals surface area contributed by atoms with Gasteiger partial charge in [-0.25, -0.2) is 0 Å². The molecule has 3 heteroatoms. The summed E-state index contributed by atoms with van der Waals surface area (Å²) in [6.45, 7) is 4.24. The lowest BCUT2D eigenvalue weighted by molar-refractivity contribution is -0.141. The zero-order chi connectivity index (χ0) is 15.0. The number of carbonyl (C=O) groups is 2. The highest BCUT2D eigenvalue weighted by Crippen LogP contribution is 2.57. The Hall–Kier alpha value is -1.64. The zero-order valence-electron chi connectivity index (χ0n) is 12.8. The Bertz CT molecular complexity index is 580. The second kappa shape index (κ2) is 5.28. The van der Waals surface area contributed by atoms with Crippen LogP contribution in [-0.4, -0.2) is 11.8 Å². The first-order valence-corrected chi connectivity index (χ1v) is 7.97. The summed E-state index contributed by atoms with van der Waals surface area (Å²) in [5, 5.41) is 2.57. The Kier molecular flexibility index (Phi) is 3.60. The molecule has 3 rings (SSSR count). The minimum Gasteiger partial charge on any atom is -0.296 e. The van der Waals surface area contributed by atoms with Crippen LogP contribution >= 0.6 is 0 Å². The van der Waals surface area contributed by atoms with Gasteiger partial charge in [0.25, 0.3) is 0 Å². The lowest BCUT2D eigenvalue weighted by Crippen LogP contribution is -2.52. The topological polar surface area (TPSA) is 46.2 Å². The number of carbonyl (C=O) groups excluding carboxylic acids is 2. The molecule has 0 bridgehead atoms. The number of piperidine rings is 1. The number of hydrogen-bond acceptors (Lipinski definition) is 2. The van der Waals surface area contributed by atoms with E-state index >= 15 is 0 Å². The van der Waals surface area contributed by atoms with Crippen LogP contribution in [0.4, 0.5) is 0 Å². The van der Waals surface area contributed by atoms with E-state index < -0.39 is 0 Å². The number of benzene rings is 1. The molecule has 0 aromatic heterocycles. The molecule has 1 saturated heterocycles. The molecule has 1 aromatic carbocycles. The summed E-state index contributed by atoms with van der Waals surface area (Å²) in [7, 11) is 0. The van der Waals surface area contributed by atoms with Gasteiger partial charge in [0, 0.05) is 6.42 Å². The van der Waals surface area contributed by atoms with E-state index in [9.17, 15) is 9.59 Å². The van der Waals surface area contributed by atoms with Gasteiger partial charge in [0.1, 0.15) is 0 Å². The van der Waals surface area contributed by atoms with Gasteiger partial charge >= 0.3 is 0 Å². The van der Waals surface area contributed by atoms with Gasteiger partial charge in [0.15, 0.2) is 0 Å². The maximum Gasteiger partial charge on any atom is 0.234 e. The van der Waals surface area contributed by atoms with E-state index in [2.05, 4.69) is 31.3 Å². The average Bonchev–Trinajstić information content (AvgIpc) is 2.82. The molecule has 1 aromatic rings. The molecule has 1 aliphatic carbocycles. The summed E-state index contributed by atoms with van der Waals surface area (Å²) >= 11 is 0. The second-order valence-corrected chi connectivity index (χ2v) is 6.61. The summed E-state index contributed by atoms with van der Waals surface area (Å²) in [4.78, 5) is 24.7. The van der Waals surface area contributed by atoms with Crippen molar-refractivity contribution in [3.8, 4) is 0 Å². The summed E-state index contributed by atoms with van der Waals surface area (Å²) in [6.07, 6.45) is 4.80. The third-order valence-electron chi connectivity index (χ3n) is 5.59. The first kappa shape index (κ1) is 14.3. The summed E-state index contributed by atoms with van der Waals surface area (Å²) in [6, 6.07) is 8.11. The van der Waals surface area contributed by atoms with Crippen molar-refractivity contribution in [1.29, 1.82) is 0 Å². The molecule has 21 heavy (non-hydrogen) atoms. The molecule has 3 nitrogen and oxygen atoms in total. The van der Waals surface area contributed by atoms with Crippen molar-refractivity contribution in [2.45, 2.75) is 51.9 Å². The first-order chi connectivity index (χ1) is 10.1. The third-order valence-corrected chi connectivity index (χ3v) is 5.59. The predicted octanol–water partition coefficient (Wildman–Crippen LogP) is 3.32. The fourth-order valence-corrected chi connectivity index (χ4v) is 4.67. The smallest absolute Gasteiger partial charge is 0.234 e. The lowest BCUT2D eigenvalue weighted by Gasteiger charge is -2.44. The Morgan fingerprint density at radius 3 is 2.76 bits per heavy atom. The van der Waals surface area contributed by atoms with Crippen LogP contribution in [0.3, 0.4) is 0 Å². The Balaban J connectivity index is 2.12. The maximum absolute atomic E-state index is 12.6. The van der Waals surface area contributed by atoms with E-state index in [1.54, 1.807) is 0 Å². The van der Waals surface area contributed by atoms with Crippen molar-refractivity contribution in [1.82, 2.24) is 5.32 Å². The SMILES string of the molecule is CCC1CCCC12CC(=O)NC(=O)C2c1ccccc1C. The number of amides is 2. The van der Waals surface area contributed by atoms with Gasteiger partial charge in [0.2, 0.25) is 11.8 Å². The van der Waals surface area contributed by atoms with Crippen LogP contribution in [0.15, 0.2) is 24.3 Å². The molecule has 3 unspecified atom stereocenters. The Morgan fingerprint density at radius 2 is 2.05 bits per heavy atom. The molecule has 1 aliphatic heterocycles. The molecular weight excluding hydrogens is 262 g/mol. The Labute approximate surface area is 126 Å². The standard InChI is InChI=1S/C18H23NO2/c1-3-13-8-6-10-18(13)11-15(20)19-17(21)16(18)14-9-5-4-7-12(14)2/h4-5,7,9,13,16H,3,6,8,10-11H2,1-2H3,(H,19,20,21). The summed E-state index contributed by atoms with van der Waals surface area (Å²) in [5.74, 6) is 0.104. The van der Waals surface area contributed by atoms with Crippen molar-refractivity contribution in [2.24, 2.45) is 11.3 Å². The normalized spacial score (nSPS) is 32.5. The van der Waals surface area contributed by atoms with E-state index in [-0.39, 0.29) is 23.1 Å². The Morgan fingerprint density at radius 1 is 1.29 bits per heavy atom. The van der Waals surface area contributed by atoms with E-state index in [1.807, 2.05) is 12.1 Å². The van der Waals surface area contributed by atoms with Crippen molar-refractivity contribution < 1.29 is 9.59 Å². The van der Waals surface area contributed by atoms with Gasteiger partial charge in [-0.1, -0.05) is 44.0 Å². The molecule has 112 valence electrons. The molecule has 0 radical (unpaired) electrons. The molecule has 2 aliphatic rings. The van der Waals surface area contributed by atoms with Gasteiger partial charge in [-0.05, 0) is 42.2 Å². The first-order valence-electron chi connectivity index (χ1n) is 7.97. The van der Waals surface area contributed by atoms with E-state index in [4.69, 9.17) is 0 Å².